The van der Waals surface area contributed by atoms with Gasteiger partial charge in [0.15, 0.2) is 5.75 Å². The number of nitrogens with zero attached hydrogens (tertiary/aromatic N) is 4. The van der Waals surface area contributed by atoms with Crippen LogP contribution in [0.2, 0.25) is 0 Å². The Morgan fingerprint density at radius 2 is 1.82 bits per heavy atom. The zero-order valence-corrected chi connectivity index (χ0v) is 11.3. The van der Waals surface area contributed by atoms with E-state index >= 15 is 0 Å². The maximum Gasteiger partial charge on any atom is 0.227 e. The van der Waals surface area contributed by atoms with E-state index < -0.39 is 15.8 Å². The number of nitriles is 1. The van der Waals surface area contributed by atoms with Gasteiger partial charge in [0.25, 0.3) is 0 Å². The van der Waals surface area contributed by atoms with Gasteiger partial charge in [-0.1, -0.05) is 0 Å². The molecule has 6 nitrogen and oxygen atoms in total. The SMILES string of the molecule is CN(C)CCN1CCN(S(=O)(=O)CC#N)CC1. The summed E-state index contributed by atoms with van der Waals surface area (Å²) in [4.78, 5) is 4.36. The maximum atomic E-state index is 11.6. The molecule has 0 aliphatic carbocycles. The lowest BCUT2D eigenvalue weighted by atomic mass is 10.3. The molecule has 0 aromatic rings. The van der Waals surface area contributed by atoms with Gasteiger partial charge in [-0.05, 0) is 14.1 Å². The van der Waals surface area contributed by atoms with E-state index in [1.807, 2.05) is 14.1 Å². The van der Waals surface area contributed by atoms with Crippen molar-refractivity contribution in [3.63, 3.8) is 0 Å². The van der Waals surface area contributed by atoms with Gasteiger partial charge in [0.2, 0.25) is 10.0 Å². The second-order valence-electron chi connectivity index (χ2n) is 4.46. The third-order valence-electron chi connectivity index (χ3n) is 2.84. The van der Waals surface area contributed by atoms with Crippen molar-refractivity contribution >= 4 is 10.0 Å². The van der Waals surface area contributed by atoms with Crippen molar-refractivity contribution in [2.75, 3.05) is 59.1 Å². The monoisotopic (exact) mass is 260 g/mol. The van der Waals surface area contributed by atoms with E-state index in [4.69, 9.17) is 5.26 Å². The highest BCUT2D eigenvalue weighted by molar-refractivity contribution is 7.89. The van der Waals surface area contributed by atoms with Crippen LogP contribution < -0.4 is 0 Å². The van der Waals surface area contributed by atoms with Crippen molar-refractivity contribution < 1.29 is 8.42 Å². The third-order valence-corrected chi connectivity index (χ3v) is 4.48. The predicted molar refractivity (Wildman–Crippen MR) is 66.0 cm³/mol. The van der Waals surface area contributed by atoms with Gasteiger partial charge < -0.3 is 4.90 Å². The van der Waals surface area contributed by atoms with Crippen LogP contribution in [0.25, 0.3) is 0 Å². The highest BCUT2D eigenvalue weighted by atomic mass is 32.2. The van der Waals surface area contributed by atoms with Crippen LogP contribution in [0.3, 0.4) is 0 Å². The van der Waals surface area contributed by atoms with Crippen molar-refractivity contribution in [2.24, 2.45) is 0 Å². The summed E-state index contributed by atoms with van der Waals surface area (Å²) in [5.74, 6) is -0.412. The molecule has 0 aromatic heterocycles. The Labute approximate surface area is 103 Å². The molecule has 0 atom stereocenters. The van der Waals surface area contributed by atoms with Crippen LogP contribution in [0.15, 0.2) is 0 Å². The Kier molecular flexibility index (Phi) is 5.33. The number of hydrogen-bond acceptors (Lipinski definition) is 5. The fraction of sp³-hybridized carbons (Fsp3) is 0.900. The van der Waals surface area contributed by atoms with Crippen LogP contribution >= 0.6 is 0 Å². The molecule has 0 radical (unpaired) electrons. The van der Waals surface area contributed by atoms with E-state index in [1.54, 1.807) is 6.07 Å². The van der Waals surface area contributed by atoms with Gasteiger partial charge in [-0.2, -0.15) is 9.57 Å². The van der Waals surface area contributed by atoms with Crippen molar-refractivity contribution in [1.29, 1.82) is 5.26 Å². The summed E-state index contributed by atoms with van der Waals surface area (Å²) < 4.78 is 24.7. The van der Waals surface area contributed by atoms with E-state index in [0.29, 0.717) is 13.1 Å². The fourth-order valence-corrected chi connectivity index (χ4v) is 2.81. The number of piperazine rings is 1. The van der Waals surface area contributed by atoms with E-state index in [0.717, 1.165) is 26.2 Å². The van der Waals surface area contributed by atoms with Gasteiger partial charge in [-0.15, -0.1) is 0 Å². The predicted octanol–water partition coefficient (Wildman–Crippen LogP) is -0.981. The quantitative estimate of drug-likeness (QED) is 0.635. The van der Waals surface area contributed by atoms with Crippen LogP contribution in [0.1, 0.15) is 0 Å². The molecule has 7 heteroatoms. The summed E-state index contributed by atoms with van der Waals surface area (Å²) in [5.41, 5.74) is 0. The number of likely N-dealkylation sites (N-methyl/N-ethyl adjacent to an activating group) is 1. The van der Waals surface area contributed by atoms with Crippen molar-refractivity contribution in [2.45, 2.75) is 0 Å². The van der Waals surface area contributed by atoms with Crippen molar-refractivity contribution in [3.8, 4) is 6.07 Å². The minimum Gasteiger partial charge on any atom is -0.308 e. The molecule has 1 saturated heterocycles. The van der Waals surface area contributed by atoms with E-state index in [1.165, 1.54) is 4.31 Å². The third kappa shape index (κ3) is 4.60. The minimum atomic E-state index is -3.35. The summed E-state index contributed by atoms with van der Waals surface area (Å²) in [6.45, 7) is 4.43. The first-order chi connectivity index (χ1) is 7.95. The summed E-state index contributed by atoms with van der Waals surface area (Å²) in [5, 5.41) is 8.46. The van der Waals surface area contributed by atoms with Gasteiger partial charge in [-0.3, -0.25) is 4.90 Å². The van der Waals surface area contributed by atoms with Crippen LogP contribution in [-0.4, -0.2) is 81.6 Å². The normalized spacial score (nSPS) is 19.4. The van der Waals surface area contributed by atoms with E-state index in [9.17, 15) is 8.42 Å². The first-order valence-electron chi connectivity index (χ1n) is 5.67. The Hall–Kier alpha value is -0.680. The molecule has 0 unspecified atom stereocenters. The number of hydrogen-bond donors (Lipinski definition) is 0. The zero-order chi connectivity index (χ0) is 12.9. The highest BCUT2D eigenvalue weighted by Gasteiger charge is 2.26. The average molecular weight is 260 g/mol. The Bertz CT molecular complexity index is 366. The molecule has 0 spiro atoms. The molecule has 1 aliphatic heterocycles. The lowest BCUT2D eigenvalue weighted by molar-refractivity contribution is 0.175. The lowest BCUT2D eigenvalue weighted by Gasteiger charge is -2.33. The van der Waals surface area contributed by atoms with Gasteiger partial charge in [0.05, 0.1) is 6.07 Å². The first-order valence-corrected chi connectivity index (χ1v) is 7.28. The van der Waals surface area contributed by atoms with Crippen LogP contribution in [-0.2, 0) is 10.0 Å². The van der Waals surface area contributed by atoms with E-state index in [-0.39, 0.29) is 0 Å². The summed E-state index contributed by atoms with van der Waals surface area (Å²) in [6.07, 6.45) is 0. The molecule has 0 bridgehead atoms. The maximum absolute atomic E-state index is 11.6. The topological polar surface area (TPSA) is 67.7 Å². The molecule has 1 fully saturated rings. The molecule has 1 aliphatic rings. The molecular formula is C10H20N4O2S. The summed E-state index contributed by atoms with van der Waals surface area (Å²) in [6, 6.07) is 1.71. The number of rotatable bonds is 5. The van der Waals surface area contributed by atoms with E-state index in [2.05, 4.69) is 9.80 Å². The highest BCUT2D eigenvalue weighted by Crippen LogP contribution is 2.07. The van der Waals surface area contributed by atoms with Crippen molar-refractivity contribution in [1.82, 2.24) is 14.1 Å². The number of sulfonamides is 1. The largest absolute Gasteiger partial charge is 0.308 e. The van der Waals surface area contributed by atoms with Gasteiger partial charge in [0.1, 0.15) is 0 Å². The Morgan fingerprint density at radius 1 is 1.24 bits per heavy atom. The molecule has 1 rings (SSSR count). The average Bonchev–Trinajstić information content (AvgIpc) is 2.27. The second kappa shape index (κ2) is 6.31. The first kappa shape index (κ1) is 14.4. The van der Waals surface area contributed by atoms with Gasteiger partial charge >= 0.3 is 0 Å². The molecule has 1 heterocycles. The molecular weight excluding hydrogens is 240 g/mol. The fourth-order valence-electron chi connectivity index (χ4n) is 1.75. The Balaban J connectivity index is 2.38. The molecule has 0 aromatic carbocycles. The smallest absolute Gasteiger partial charge is 0.227 e. The molecule has 0 saturated carbocycles. The summed E-state index contributed by atoms with van der Waals surface area (Å²) in [7, 11) is 0.690. The minimum absolute atomic E-state index is 0.412. The van der Waals surface area contributed by atoms with Crippen molar-refractivity contribution in [3.05, 3.63) is 0 Å². The van der Waals surface area contributed by atoms with Gasteiger partial charge in [-0.25, -0.2) is 8.42 Å². The molecule has 0 N–H and O–H groups in total. The van der Waals surface area contributed by atoms with Crippen LogP contribution in [0, 0.1) is 11.3 Å². The Morgan fingerprint density at radius 3 is 2.29 bits per heavy atom. The van der Waals surface area contributed by atoms with Crippen LogP contribution in [0.5, 0.6) is 0 Å². The zero-order valence-electron chi connectivity index (χ0n) is 10.5. The second-order valence-corrected chi connectivity index (χ2v) is 6.43. The van der Waals surface area contributed by atoms with Gasteiger partial charge in [0, 0.05) is 39.3 Å². The standard InChI is InChI=1S/C10H20N4O2S/c1-12(2)4-5-13-6-8-14(9-7-13)17(15,16)10-3-11/h4-10H2,1-2H3. The molecule has 17 heavy (non-hydrogen) atoms. The van der Waals surface area contributed by atoms with Crippen LogP contribution in [0.4, 0.5) is 0 Å². The summed E-state index contributed by atoms with van der Waals surface area (Å²) >= 11 is 0. The lowest BCUT2D eigenvalue weighted by Crippen LogP contribution is -2.50. The molecule has 98 valence electrons. The molecule has 0 amide bonds.